The summed E-state index contributed by atoms with van der Waals surface area (Å²) >= 11 is 0. The van der Waals surface area contributed by atoms with Gasteiger partial charge in [0.25, 0.3) is 5.91 Å². The van der Waals surface area contributed by atoms with Crippen molar-refractivity contribution in [3.63, 3.8) is 0 Å². The number of nitrogens with zero attached hydrogens (tertiary/aromatic N) is 4. The number of hydrogen-bond acceptors (Lipinski definition) is 4. The van der Waals surface area contributed by atoms with Gasteiger partial charge in [-0.3, -0.25) is 4.79 Å². The molecule has 2 aromatic heterocycles. The van der Waals surface area contributed by atoms with Crippen molar-refractivity contribution in [2.24, 2.45) is 0 Å². The maximum absolute atomic E-state index is 13.0. The van der Waals surface area contributed by atoms with Crippen LogP contribution in [0.3, 0.4) is 0 Å². The van der Waals surface area contributed by atoms with Gasteiger partial charge in [0.1, 0.15) is 0 Å². The molecule has 2 heterocycles. The van der Waals surface area contributed by atoms with E-state index in [9.17, 15) is 18.0 Å². The number of amides is 1. The van der Waals surface area contributed by atoms with Crippen molar-refractivity contribution >= 4 is 28.0 Å². The number of hydrogen-bond donors (Lipinski definition) is 1. The van der Waals surface area contributed by atoms with Crippen LogP contribution in [-0.4, -0.2) is 25.7 Å². The molecule has 0 unspecified atom stereocenters. The van der Waals surface area contributed by atoms with E-state index in [0.29, 0.717) is 17.0 Å². The van der Waals surface area contributed by atoms with Gasteiger partial charge in [0.05, 0.1) is 22.5 Å². The molecule has 0 fully saturated rings. The van der Waals surface area contributed by atoms with Crippen LogP contribution in [0.2, 0.25) is 0 Å². The molecule has 0 aliphatic heterocycles. The smallest absolute Gasteiger partial charge is 0.321 e. The molecule has 34 heavy (non-hydrogen) atoms. The fourth-order valence-corrected chi connectivity index (χ4v) is 4.04. The van der Waals surface area contributed by atoms with Gasteiger partial charge < -0.3 is 5.32 Å². The van der Waals surface area contributed by atoms with Gasteiger partial charge in [0.15, 0.2) is 11.3 Å². The Hall–Kier alpha value is -4.27. The van der Waals surface area contributed by atoms with E-state index in [-0.39, 0.29) is 11.4 Å². The number of aryl methyl sites for hydroxylation is 2. The number of anilines is 1. The second-order valence-corrected chi connectivity index (χ2v) is 7.89. The van der Waals surface area contributed by atoms with E-state index in [4.69, 9.17) is 0 Å². The van der Waals surface area contributed by atoms with Crippen LogP contribution in [0.15, 0.2) is 66.7 Å². The number of benzene rings is 3. The lowest BCUT2D eigenvalue weighted by Gasteiger charge is -2.11. The predicted molar refractivity (Wildman–Crippen MR) is 123 cm³/mol. The largest absolute Gasteiger partial charge is 0.416 e. The third kappa shape index (κ3) is 3.64. The van der Waals surface area contributed by atoms with Crippen LogP contribution in [0.4, 0.5) is 18.9 Å². The van der Waals surface area contributed by atoms with Gasteiger partial charge in [-0.05, 0) is 48.4 Å². The molecular formula is C25H18F3N5O. The lowest BCUT2D eigenvalue weighted by atomic mass is 9.98. The van der Waals surface area contributed by atoms with E-state index in [1.807, 2.05) is 49.4 Å². The number of fused-ring (bicyclic) bond motifs is 2. The average Bonchev–Trinajstić information content (AvgIpc) is 3.15. The zero-order valence-corrected chi connectivity index (χ0v) is 18.2. The van der Waals surface area contributed by atoms with E-state index in [1.54, 1.807) is 11.4 Å². The van der Waals surface area contributed by atoms with Crippen molar-refractivity contribution in [1.82, 2.24) is 19.8 Å². The normalized spacial score (nSPS) is 11.8. The molecule has 0 saturated heterocycles. The molecule has 0 bridgehead atoms. The van der Waals surface area contributed by atoms with Gasteiger partial charge in [-0.1, -0.05) is 48.5 Å². The van der Waals surface area contributed by atoms with Gasteiger partial charge in [-0.15, -0.1) is 10.2 Å². The van der Waals surface area contributed by atoms with Gasteiger partial charge in [-0.25, -0.2) is 4.52 Å². The number of aromatic nitrogens is 4. The summed E-state index contributed by atoms with van der Waals surface area (Å²) in [6, 6.07) is 18.3. The van der Waals surface area contributed by atoms with Gasteiger partial charge in [0.2, 0.25) is 0 Å². The van der Waals surface area contributed by atoms with Gasteiger partial charge >= 0.3 is 6.18 Å². The number of carbonyl (C=O) groups excluding carboxylic acids is 1. The predicted octanol–water partition coefficient (Wildman–Crippen LogP) is 5.83. The first-order valence-electron chi connectivity index (χ1n) is 10.4. The minimum Gasteiger partial charge on any atom is -0.321 e. The second-order valence-electron chi connectivity index (χ2n) is 7.89. The highest BCUT2D eigenvalue weighted by atomic mass is 19.4. The van der Waals surface area contributed by atoms with Crippen molar-refractivity contribution in [2.75, 3.05) is 5.32 Å². The standard InChI is InChI=1S/C25H18F3N5O/c1-14-21(20-12-5-8-16-7-3-4-11-19(16)20)23-31-30-22(15(2)33(23)32-14)24(34)29-18-10-6-9-17(13-18)25(26,27)28/h3-13H,1-2H3,(H,29,34). The van der Waals surface area contributed by atoms with Gasteiger partial charge in [-0.2, -0.15) is 18.3 Å². The fourth-order valence-electron chi connectivity index (χ4n) is 4.04. The highest BCUT2D eigenvalue weighted by Crippen LogP contribution is 2.34. The first-order valence-corrected chi connectivity index (χ1v) is 10.4. The monoisotopic (exact) mass is 461 g/mol. The number of halogens is 3. The topological polar surface area (TPSA) is 72.2 Å². The van der Waals surface area contributed by atoms with Crippen molar-refractivity contribution in [3.8, 4) is 11.1 Å². The summed E-state index contributed by atoms with van der Waals surface area (Å²) in [5.41, 5.74) is 2.49. The number of carbonyl (C=O) groups is 1. The Morgan fingerprint density at radius 2 is 1.68 bits per heavy atom. The zero-order chi connectivity index (χ0) is 24.0. The van der Waals surface area contributed by atoms with Crippen LogP contribution in [-0.2, 0) is 6.18 Å². The van der Waals surface area contributed by atoms with Gasteiger partial charge in [0, 0.05) is 5.69 Å². The van der Waals surface area contributed by atoms with E-state index < -0.39 is 17.6 Å². The molecule has 0 spiro atoms. The second kappa shape index (κ2) is 7.95. The Labute approximate surface area is 192 Å². The van der Waals surface area contributed by atoms with E-state index >= 15 is 0 Å². The molecule has 0 saturated carbocycles. The van der Waals surface area contributed by atoms with Crippen LogP contribution >= 0.6 is 0 Å². The molecule has 6 nitrogen and oxygen atoms in total. The first-order chi connectivity index (χ1) is 16.2. The molecule has 0 aliphatic rings. The Kier molecular flexibility index (Phi) is 5.04. The maximum Gasteiger partial charge on any atom is 0.416 e. The molecular weight excluding hydrogens is 443 g/mol. The molecule has 1 N–H and O–H groups in total. The molecule has 5 aromatic rings. The maximum atomic E-state index is 13.0. The third-order valence-electron chi connectivity index (χ3n) is 5.66. The quantitative estimate of drug-likeness (QED) is 0.367. The molecule has 3 aromatic carbocycles. The molecule has 0 atom stereocenters. The van der Waals surface area contributed by atoms with Crippen LogP contribution in [0.1, 0.15) is 27.4 Å². The highest BCUT2D eigenvalue weighted by molar-refractivity contribution is 6.04. The fraction of sp³-hybridized carbons (Fsp3) is 0.120. The van der Waals surface area contributed by atoms with Crippen LogP contribution in [0.5, 0.6) is 0 Å². The van der Waals surface area contributed by atoms with E-state index in [0.717, 1.165) is 34.0 Å². The minimum atomic E-state index is -4.51. The van der Waals surface area contributed by atoms with Crippen molar-refractivity contribution < 1.29 is 18.0 Å². The number of nitrogens with one attached hydrogen (secondary N) is 1. The van der Waals surface area contributed by atoms with Crippen LogP contribution in [0.25, 0.3) is 27.5 Å². The summed E-state index contributed by atoms with van der Waals surface area (Å²) in [4.78, 5) is 12.8. The summed E-state index contributed by atoms with van der Waals surface area (Å²) in [6.07, 6.45) is -4.51. The van der Waals surface area contributed by atoms with Crippen molar-refractivity contribution in [1.29, 1.82) is 0 Å². The molecule has 1 amide bonds. The first kappa shape index (κ1) is 21.6. The minimum absolute atomic E-state index is 0.00853. The summed E-state index contributed by atoms with van der Waals surface area (Å²) in [5.74, 6) is -0.675. The number of rotatable bonds is 3. The Balaban J connectivity index is 1.56. The highest BCUT2D eigenvalue weighted by Gasteiger charge is 2.30. The molecule has 9 heteroatoms. The Morgan fingerprint density at radius 3 is 2.47 bits per heavy atom. The summed E-state index contributed by atoms with van der Waals surface area (Å²) in [7, 11) is 0. The molecule has 170 valence electrons. The third-order valence-corrected chi connectivity index (χ3v) is 5.66. The van der Waals surface area contributed by atoms with E-state index in [1.165, 1.54) is 12.1 Å². The summed E-state index contributed by atoms with van der Waals surface area (Å²) < 4.78 is 40.5. The van der Waals surface area contributed by atoms with E-state index in [2.05, 4.69) is 20.6 Å². The molecule has 0 aliphatic carbocycles. The lowest BCUT2D eigenvalue weighted by Crippen LogP contribution is -2.19. The Bertz CT molecular complexity index is 1570. The van der Waals surface area contributed by atoms with Crippen molar-refractivity contribution in [3.05, 3.63) is 89.4 Å². The summed E-state index contributed by atoms with van der Waals surface area (Å²) in [5, 5.41) is 17.5. The van der Waals surface area contributed by atoms with Crippen LogP contribution < -0.4 is 5.32 Å². The Morgan fingerprint density at radius 1 is 0.941 bits per heavy atom. The SMILES string of the molecule is Cc1nn2c(C)c(C(=O)Nc3cccc(C(F)(F)F)c3)nnc2c1-c1cccc2ccccc12. The van der Waals surface area contributed by atoms with Crippen LogP contribution in [0, 0.1) is 13.8 Å². The average molecular weight is 461 g/mol. The zero-order valence-electron chi connectivity index (χ0n) is 18.2. The lowest BCUT2D eigenvalue weighted by molar-refractivity contribution is -0.137. The number of alkyl halides is 3. The molecule has 5 rings (SSSR count). The summed E-state index contributed by atoms with van der Waals surface area (Å²) in [6.45, 7) is 3.52. The van der Waals surface area contributed by atoms with Crippen molar-refractivity contribution in [2.45, 2.75) is 20.0 Å². The molecule has 0 radical (unpaired) electrons.